The molecule has 0 spiro atoms. The lowest BCUT2D eigenvalue weighted by molar-refractivity contribution is -0.0486. The zero-order valence-electron chi connectivity index (χ0n) is 15.2. The maximum absolute atomic E-state index is 12.3. The van der Waals surface area contributed by atoms with E-state index in [1.165, 1.54) is 5.56 Å². The molecular weight excluding hydrogens is 406 g/mol. The molecular formula is C22H24BrNO3. The third-order valence-electron chi connectivity index (χ3n) is 6.32. The maximum atomic E-state index is 12.3. The van der Waals surface area contributed by atoms with Gasteiger partial charge in [0.2, 0.25) is 0 Å². The molecule has 2 aromatic carbocycles. The summed E-state index contributed by atoms with van der Waals surface area (Å²) in [7, 11) is 0. The second-order valence-corrected chi connectivity index (χ2v) is 8.77. The van der Waals surface area contributed by atoms with E-state index in [1.54, 1.807) is 0 Å². The van der Waals surface area contributed by atoms with Crippen LogP contribution in [0.2, 0.25) is 0 Å². The van der Waals surface area contributed by atoms with Gasteiger partial charge in [-0.05, 0) is 55.4 Å². The van der Waals surface area contributed by atoms with E-state index < -0.39 is 12.2 Å². The third kappa shape index (κ3) is 3.63. The lowest BCUT2D eigenvalue weighted by atomic mass is 9.53. The first-order valence-corrected chi connectivity index (χ1v) is 10.2. The van der Waals surface area contributed by atoms with Gasteiger partial charge in [0.1, 0.15) is 6.61 Å². The highest BCUT2D eigenvalue weighted by Crippen LogP contribution is 2.53. The molecule has 0 unspecified atom stereocenters. The van der Waals surface area contributed by atoms with E-state index in [2.05, 4.69) is 33.4 Å². The van der Waals surface area contributed by atoms with Crippen LogP contribution < -0.4 is 5.32 Å². The van der Waals surface area contributed by atoms with Crippen molar-refractivity contribution in [2.24, 2.45) is 0 Å². The quantitative estimate of drug-likeness (QED) is 0.740. The Hall–Kier alpha value is -1.85. The van der Waals surface area contributed by atoms with Crippen molar-refractivity contribution in [3.8, 4) is 0 Å². The molecule has 2 N–H and O–H groups in total. The number of ether oxygens (including phenoxy) is 1. The van der Waals surface area contributed by atoms with Crippen LogP contribution in [0.15, 0.2) is 59.1 Å². The summed E-state index contributed by atoms with van der Waals surface area (Å²) in [5.41, 5.74) is 1.60. The number of benzene rings is 2. The topological polar surface area (TPSA) is 58.6 Å². The highest BCUT2D eigenvalue weighted by atomic mass is 79.9. The molecule has 142 valence electrons. The summed E-state index contributed by atoms with van der Waals surface area (Å²) in [6.45, 7) is 0.258. The molecule has 1 atom stereocenters. The number of carbonyl (C=O) groups excluding carboxylic acids is 1. The molecule has 3 aliphatic rings. The van der Waals surface area contributed by atoms with Gasteiger partial charge < -0.3 is 15.2 Å². The van der Waals surface area contributed by atoms with Crippen LogP contribution in [0.1, 0.15) is 43.2 Å². The Balaban J connectivity index is 1.40. The fraction of sp³-hybridized carbons (Fsp3) is 0.409. The normalized spacial score (nSPS) is 29.3. The predicted octanol–water partition coefficient (Wildman–Crippen LogP) is 4.69. The second-order valence-electron chi connectivity index (χ2n) is 7.85. The van der Waals surface area contributed by atoms with E-state index in [1.807, 2.05) is 42.5 Å². The first kappa shape index (κ1) is 18.5. The Bertz CT molecular complexity index is 798. The minimum absolute atomic E-state index is 0.196. The van der Waals surface area contributed by atoms with Crippen molar-refractivity contribution in [1.82, 2.24) is 5.32 Å². The number of aliphatic hydroxyl groups excluding tert-OH is 1. The van der Waals surface area contributed by atoms with Gasteiger partial charge in [0.15, 0.2) is 0 Å². The number of carbonyl (C=O) groups is 1. The Labute approximate surface area is 168 Å². The van der Waals surface area contributed by atoms with Gasteiger partial charge in [-0.25, -0.2) is 4.79 Å². The van der Waals surface area contributed by atoms with Gasteiger partial charge in [-0.3, -0.25) is 0 Å². The summed E-state index contributed by atoms with van der Waals surface area (Å²) in [6, 6.07) is 17.9. The van der Waals surface area contributed by atoms with Crippen LogP contribution in [0.5, 0.6) is 0 Å². The molecule has 5 heteroatoms. The van der Waals surface area contributed by atoms with Gasteiger partial charge in [0.05, 0.1) is 6.10 Å². The number of amides is 1. The molecule has 0 aliphatic heterocycles. The van der Waals surface area contributed by atoms with Crippen molar-refractivity contribution in [3.63, 3.8) is 0 Å². The van der Waals surface area contributed by atoms with Crippen LogP contribution in [0.25, 0.3) is 0 Å². The number of alkyl carbamates (subject to hydrolysis) is 1. The van der Waals surface area contributed by atoms with Crippen LogP contribution in [0, 0.1) is 0 Å². The Morgan fingerprint density at radius 2 is 1.74 bits per heavy atom. The average molecular weight is 430 g/mol. The molecule has 3 aliphatic carbocycles. The number of fused-ring (bicyclic) bond motifs is 3. The summed E-state index contributed by atoms with van der Waals surface area (Å²) in [5, 5.41) is 14.0. The largest absolute Gasteiger partial charge is 0.445 e. The molecule has 0 saturated heterocycles. The second kappa shape index (κ2) is 7.28. The Morgan fingerprint density at radius 3 is 2.37 bits per heavy atom. The standard InChI is InChI=1S/C22H24BrNO3/c23-18-8-6-17(7-9-18)22-12-10-21(11-13-22,14-19(22)25)24-20(26)27-15-16-4-2-1-3-5-16/h1-9,19,25H,10-15H2,(H,24,26)/t19-,21?,22?/m0/s1. The van der Waals surface area contributed by atoms with E-state index in [-0.39, 0.29) is 17.6 Å². The fourth-order valence-corrected chi connectivity index (χ4v) is 4.96. The minimum atomic E-state index is -0.462. The number of hydrogen-bond acceptors (Lipinski definition) is 3. The van der Waals surface area contributed by atoms with Crippen LogP contribution in [0.4, 0.5) is 4.79 Å². The van der Waals surface area contributed by atoms with E-state index in [0.717, 1.165) is 35.7 Å². The number of nitrogens with one attached hydrogen (secondary N) is 1. The molecule has 3 fully saturated rings. The van der Waals surface area contributed by atoms with Gasteiger partial charge in [-0.2, -0.15) is 0 Å². The predicted molar refractivity (Wildman–Crippen MR) is 107 cm³/mol. The van der Waals surface area contributed by atoms with E-state index in [9.17, 15) is 9.90 Å². The molecule has 0 heterocycles. The van der Waals surface area contributed by atoms with Crippen molar-refractivity contribution in [3.05, 3.63) is 70.2 Å². The molecule has 27 heavy (non-hydrogen) atoms. The fourth-order valence-electron chi connectivity index (χ4n) is 4.69. The maximum Gasteiger partial charge on any atom is 0.407 e. The van der Waals surface area contributed by atoms with Gasteiger partial charge >= 0.3 is 6.09 Å². The zero-order chi connectivity index (χ0) is 18.9. The SMILES string of the molecule is O=C(NC12CCC(c3ccc(Br)cc3)(CC1)[C@@H](O)C2)OCc1ccccc1. The lowest BCUT2D eigenvalue weighted by Crippen LogP contribution is -2.63. The minimum Gasteiger partial charge on any atom is -0.445 e. The summed E-state index contributed by atoms with van der Waals surface area (Å²) in [4.78, 5) is 12.3. The molecule has 1 amide bonds. The van der Waals surface area contributed by atoms with Crippen LogP contribution in [-0.4, -0.2) is 22.8 Å². The molecule has 0 radical (unpaired) electrons. The molecule has 5 rings (SSSR count). The smallest absolute Gasteiger partial charge is 0.407 e. The van der Waals surface area contributed by atoms with Crippen LogP contribution in [-0.2, 0) is 16.8 Å². The lowest BCUT2D eigenvalue weighted by Gasteiger charge is -2.56. The van der Waals surface area contributed by atoms with Crippen molar-refractivity contribution < 1.29 is 14.6 Å². The summed E-state index contributed by atoms with van der Waals surface area (Å²) in [5.74, 6) is 0. The molecule has 2 bridgehead atoms. The highest BCUT2D eigenvalue weighted by molar-refractivity contribution is 9.10. The number of rotatable bonds is 4. The van der Waals surface area contributed by atoms with Crippen molar-refractivity contribution in [2.45, 2.75) is 55.8 Å². The van der Waals surface area contributed by atoms with Gasteiger partial charge in [-0.15, -0.1) is 0 Å². The van der Waals surface area contributed by atoms with Crippen LogP contribution in [0.3, 0.4) is 0 Å². The highest BCUT2D eigenvalue weighted by Gasteiger charge is 2.55. The molecule has 4 nitrogen and oxygen atoms in total. The number of hydrogen-bond donors (Lipinski definition) is 2. The summed E-state index contributed by atoms with van der Waals surface area (Å²) >= 11 is 3.48. The average Bonchev–Trinajstić information content (AvgIpc) is 2.68. The van der Waals surface area contributed by atoms with Crippen molar-refractivity contribution in [2.75, 3.05) is 0 Å². The summed E-state index contributed by atoms with van der Waals surface area (Å²) < 4.78 is 6.44. The molecule has 0 aromatic heterocycles. The van der Waals surface area contributed by atoms with Crippen LogP contribution >= 0.6 is 15.9 Å². The van der Waals surface area contributed by atoms with Gasteiger partial charge in [0, 0.05) is 15.4 Å². The van der Waals surface area contributed by atoms with E-state index in [0.29, 0.717) is 6.42 Å². The monoisotopic (exact) mass is 429 g/mol. The van der Waals surface area contributed by atoms with Gasteiger partial charge in [-0.1, -0.05) is 58.4 Å². The van der Waals surface area contributed by atoms with Crippen molar-refractivity contribution in [1.29, 1.82) is 0 Å². The third-order valence-corrected chi connectivity index (χ3v) is 6.85. The number of halogens is 1. The molecule has 2 aromatic rings. The summed E-state index contributed by atoms with van der Waals surface area (Å²) in [6.07, 6.45) is 3.17. The van der Waals surface area contributed by atoms with E-state index in [4.69, 9.17) is 4.74 Å². The van der Waals surface area contributed by atoms with Gasteiger partial charge in [0.25, 0.3) is 0 Å². The number of aliphatic hydroxyl groups is 1. The Kier molecular flexibility index (Phi) is 4.99. The first-order valence-electron chi connectivity index (χ1n) is 9.44. The Morgan fingerprint density at radius 1 is 1.07 bits per heavy atom. The van der Waals surface area contributed by atoms with E-state index >= 15 is 0 Å². The zero-order valence-corrected chi connectivity index (χ0v) is 16.7. The molecule has 3 saturated carbocycles. The first-order chi connectivity index (χ1) is 13.0. The van der Waals surface area contributed by atoms with Crippen molar-refractivity contribution >= 4 is 22.0 Å².